The van der Waals surface area contributed by atoms with Gasteiger partial charge in [0.05, 0.1) is 6.61 Å². The maximum absolute atomic E-state index is 13.6. The molecule has 0 unspecified atom stereocenters. The number of halogens is 4. The van der Waals surface area contributed by atoms with Gasteiger partial charge in [0.2, 0.25) is 0 Å². The normalized spacial score (nSPS) is 25.1. The predicted molar refractivity (Wildman–Crippen MR) is 124 cm³/mol. The Morgan fingerprint density at radius 3 is 2.47 bits per heavy atom. The molecule has 0 saturated carbocycles. The van der Waals surface area contributed by atoms with E-state index in [4.69, 9.17) is 10.5 Å². The van der Waals surface area contributed by atoms with Gasteiger partial charge in [-0.1, -0.05) is 45.9 Å². The van der Waals surface area contributed by atoms with Crippen LogP contribution in [0.25, 0.3) is 11.2 Å². The Morgan fingerprint density at radius 1 is 1.14 bits per heavy atom. The number of imidazole rings is 1. The van der Waals surface area contributed by atoms with Crippen molar-refractivity contribution in [3.63, 3.8) is 0 Å². The van der Waals surface area contributed by atoms with Crippen LogP contribution in [0.1, 0.15) is 22.9 Å². The summed E-state index contributed by atoms with van der Waals surface area (Å²) < 4.78 is 47.9. The van der Waals surface area contributed by atoms with E-state index in [-0.39, 0.29) is 33.5 Å². The van der Waals surface area contributed by atoms with E-state index in [2.05, 4.69) is 41.1 Å². The highest BCUT2D eigenvalue weighted by Gasteiger charge is 2.65. The number of aliphatic hydroxyl groups excluding tert-OH is 3. The molecule has 3 aromatic rings. The van der Waals surface area contributed by atoms with Gasteiger partial charge in [0, 0.05) is 16.6 Å². The number of nitrogens with zero attached hydrogens (tertiary/aromatic N) is 6. The fourth-order valence-corrected chi connectivity index (χ4v) is 5.32. The average Bonchev–Trinajstić information content (AvgIpc) is 3.53. The lowest BCUT2D eigenvalue weighted by Gasteiger charge is -2.19. The highest BCUT2D eigenvalue weighted by molar-refractivity contribution is 9.08. The topological polar surface area (TPSA) is 164 Å². The van der Waals surface area contributed by atoms with Crippen LogP contribution >= 0.6 is 27.7 Å². The first-order valence-corrected chi connectivity index (χ1v) is 12.6. The Balaban J connectivity index is 1.50. The molecule has 11 nitrogen and oxygen atoms in total. The van der Waals surface area contributed by atoms with Gasteiger partial charge in [-0.05, 0) is 11.1 Å². The first-order chi connectivity index (χ1) is 17.1. The molecule has 1 aromatic carbocycles. The first-order valence-electron chi connectivity index (χ1n) is 10.5. The van der Waals surface area contributed by atoms with Gasteiger partial charge in [-0.15, -0.1) is 10.2 Å². The summed E-state index contributed by atoms with van der Waals surface area (Å²) in [5.41, 5.74) is 4.91. The van der Waals surface area contributed by atoms with Crippen molar-refractivity contribution in [2.24, 2.45) is 10.2 Å². The standard InChI is InChI=1S/C20H19BrF3N7O4S/c21-4-8-1-9(3-10(2-8)19(29-30-19)20(22,23)24)6-36-18-28-12-15(25)26-7-27-16(12)31(18)17-14(34)13(33)11(5-32)35-17/h1-3,7,11,13-14,17,32-34H,4-6H2,(H2,25,26,27)/t11-,13-,14-,17-/m1/s1. The van der Waals surface area contributed by atoms with Crippen LogP contribution < -0.4 is 5.73 Å². The summed E-state index contributed by atoms with van der Waals surface area (Å²) in [5, 5.41) is 37.5. The van der Waals surface area contributed by atoms with E-state index in [1.54, 1.807) is 6.07 Å². The second kappa shape index (κ2) is 9.18. The lowest BCUT2D eigenvalue weighted by molar-refractivity contribution is -0.166. The summed E-state index contributed by atoms with van der Waals surface area (Å²) in [6, 6.07) is 4.53. The van der Waals surface area contributed by atoms with Crippen LogP contribution in [0, 0.1) is 0 Å². The number of nitrogen functional groups attached to an aromatic ring is 1. The van der Waals surface area contributed by atoms with E-state index in [1.165, 1.54) is 23.0 Å². The molecule has 1 fully saturated rings. The minimum atomic E-state index is -4.66. The minimum Gasteiger partial charge on any atom is -0.394 e. The van der Waals surface area contributed by atoms with Gasteiger partial charge in [0.1, 0.15) is 24.6 Å². The first kappa shape index (κ1) is 25.3. The highest BCUT2D eigenvalue weighted by Crippen LogP contribution is 2.52. The Morgan fingerprint density at radius 2 is 1.86 bits per heavy atom. The van der Waals surface area contributed by atoms with E-state index in [9.17, 15) is 28.5 Å². The number of ether oxygens (including phenoxy) is 1. The smallest absolute Gasteiger partial charge is 0.394 e. The molecular formula is C20H19BrF3N7O4S. The largest absolute Gasteiger partial charge is 0.442 e. The number of hydrogen-bond donors (Lipinski definition) is 4. The summed E-state index contributed by atoms with van der Waals surface area (Å²) >= 11 is 4.42. The molecule has 192 valence electrons. The molecule has 4 heterocycles. The quantitative estimate of drug-likeness (QED) is 0.239. The molecule has 5 rings (SSSR count). The Labute approximate surface area is 213 Å². The molecular weight excluding hydrogens is 571 g/mol. The van der Waals surface area contributed by atoms with Gasteiger partial charge < -0.3 is 25.8 Å². The van der Waals surface area contributed by atoms with Crippen molar-refractivity contribution in [1.82, 2.24) is 19.5 Å². The zero-order valence-electron chi connectivity index (χ0n) is 18.2. The average molecular weight is 590 g/mol. The number of hydrogen-bond acceptors (Lipinski definition) is 11. The summed E-state index contributed by atoms with van der Waals surface area (Å²) in [7, 11) is 0. The second-order valence-electron chi connectivity index (χ2n) is 8.25. The molecule has 4 atom stereocenters. The third-order valence-electron chi connectivity index (χ3n) is 5.92. The van der Waals surface area contributed by atoms with Crippen molar-refractivity contribution in [3.05, 3.63) is 41.2 Å². The highest BCUT2D eigenvalue weighted by atomic mass is 79.9. The van der Waals surface area contributed by atoms with Crippen LogP contribution in [0.15, 0.2) is 39.9 Å². The lowest BCUT2D eigenvalue weighted by Crippen LogP contribution is -2.33. The number of aromatic nitrogens is 4. The molecule has 0 spiro atoms. The number of nitrogens with two attached hydrogens (primary N) is 1. The minimum absolute atomic E-state index is 0.0694. The molecule has 5 N–H and O–H groups in total. The van der Waals surface area contributed by atoms with E-state index in [1.807, 2.05) is 0 Å². The van der Waals surface area contributed by atoms with Gasteiger partial charge in [0.25, 0.3) is 0 Å². The lowest BCUT2D eigenvalue weighted by atomic mass is 9.98. The third-order valence-corrected chi connectivity index (χ3v) is 7.59. The number of alkyl halides is 4. The number of anilines is 1. The van der Waals surface area contributed by atoms with Gasteiger partial charge in [-0.3, -0.25) is 4.57 Å². The van der Waals surface area contributed by atoms with Crippen molar-refractivity contribution in [3.8, 4) is 0 Å². The van der Waals surface area contributed by atoms with Crippen molar-refractivity contribution in [2.45, 2.75) is 52.6 Å². The molecule has 0 aliphatic carbocycles. The number of aliphatic hydroxyl groups is 3. The summed E-state index contributed by atoms with van der Waals surface area (Å²) in [6.07, 6.45) is -8.42. The summed E-state index contributed by atoms with van der Waals surface area (Å²) in [4.78, 5) is 12.6. The molecule has 1 saturated heterocycles. The number of benzene rings is 1. The maximum Gasteiger partial charge on any atom is 0.442 e. The Bertz CT molecular complexity index is 1330. The van der Waals surface area contributed by atoms with E-state index in [0.29, 0.717) is 16.5 Å². The summed E-state index contributed by atoms with van der Waals surface area (Å²) in [5.74, 6) is 0.243. The monoisotopic (exact) mass is 589 g/mol. The molecule has 0 amide bonds. The zero-order valence-corrected chi connectivity index (χ0v) is 20.6. The van der Waals surface area contributed by atoms with E-state index in [0.717, 1.165) is 11.8 Å². The van der Waals surface area contributed by atoms with Gasteiger partial charge in [-0.2, -0.15) is 13.2 Å². The molecule has 0 bridgehead atoms. The van der Waals surface area contributed by atoms with Crippen LogP contribution in [-0.2, 0) is 21.5 Å². The molecule has 2 aliphatic heterocycles. The fraction of sp³-hybridized carbons (Fsp3) is 0.450. The van der Waals surface area contributed by atoms with Gasteiger partial charge in [-0.25, -0.2) is 15.0 Å². The van der Waals surface area contributed by atoms with Crippen LogP contribution in [0.5, 0.6) is 0 Å². The SMILES string of the molecule is Nc1ncnc2c1nc(SCc1cc(CBr)cc(C3(C(F)(F)F)N=N3)c1)n2[C@@H]1O[C@H](CO)[C@@H](O)[C@H]1O. The van der Waals surface area contributed by atoms with Gasteiger partial charge in [0.15, 0.2) is 28.4 Å². The molecule has 16 heteroatoms. The third kappa shape index (κ3) is 4.14. The van der Waals surface area contributed by atoms with Crippen molar-refractivity contribution < 1.29 is 33.2 Å². The summed E-state index contributed by atoms with van der Waals surface area (Å²) in [6.45, 7) is -0.528. The van der Waals surface area contributed by atoms with Gasteiger partial charge >= 0.3 is 11.8 Å². The number of thioether (sulfide) groups is 1. The molecule has 36 heavy (non-hydrogen) atoms. The predicted octanol–water partition coefficient (Wildman–Crippen LogP) is 2.39. The van der Waals surface area contributed by atoms with Crippen LogP contribution in [0.2, 0.25) is 0 Å². The van der Waals surface area contributed by atoms with E-state index < -0.39 is 43.0 Å². The van der Waals surface area contributed by atoms with Crippen LogP contribution in [0.4, 0.5) is 19.0 Å². The second-order valence-corrected chi connectivity index (χ2v) is 9.76. The molecule has 2 aromatic heterocycles. The van der Waals surface area contributed by atoms with Crippen LogP contribution in [-0.4, -0.2) is 65.9 Å². The Kier molecular flexibility index (Phi) is 6.45. The number of rotatable bonds is 7. The van der Waals surface area contributed by atoms with Crippen LogP contribution in [0.3, 0.4) is 0 Å². The van der Waals surface area contributed by atoms with E-state index >= 15 is 0 Å². The molecule has 0 radical (unpaired) electrons. The fourth-order valence-electron chi connectivity index (χ4n) is 4.05. The van der Waals surface area contributed by atoms with Crippen molar-refractivity contribution in [2.75, 3.05) is 12.3 Å². The maximum atomic E-state index is 13.6. The zero-order chi connectivity index (χ0) is 25.8. The van der Waals surface area contributed by atoms with Crippen molar-refractivity contribution >= 4 is 44.7 Å². The Hall–Kier alpha value is -2.37. The van der Waals surface area contributed by atoms with Crippen molar-refractivity contribution in [1.29, 1.82) is 0 Å². The number of fused-ring (bicyclic) bond motifs is 1. The molecule has 2 aliphatic rings.